The fourth-order valence-corrected chi connectivity index (χ4v) is 4.96. The van der Waals surface area contributed by atoms with Gasteiger partial charge in [-0.3, -0.25) is 4.79 Å². The summed E-state index contributed by atoms with van der Waals surface area (Å²) in [4.78, 5) is 21.5. The van der Waals surface area contributed by atoms with E-state index < -0.39 is 0 Å². The van der Waals surface area contributed by atoms with E-state index in [1.807, 2.05) is 16.5 Å². The van der Waals surface area contributed by atoms with Crippen molar-refractivity contribution in [2.75, 3.05) is 32.7 Å². The highest BCUT2D eigenvalue weighted by Gasteiger charge is 2.42. The van der Waals surface area contributed by atoms with Gasteiger partial charge in [-0.15, -0.1) is 0 Å². The molecule has 1 atom stereocenters. The van der Waals surface area contributed by atoms with Crippen molar-refractivity contribution in [2.24, 2.45) is 12.5 Å². The maximum absolute atomic E-state index is 12.8. The Morgan fingerprint density at radius 3 is 2.59 bits per heavy atom. The molecule has 1 spiro atoms. The van der Waals surface area contributed by atoms with Crippen molar-refractivity contribution in [3.63, 3.8) is 0 Å². The van der Waals surface area contributed by atoms with Crippen LogP contribution in [-0.4, -0.2) is 58.0 Å². The number of benzene rings is 1. The zero-order valence-corrected chi connectivity index (χ0v) is 16.5. The van der Waals surface area contributed by atoms with Crippen LogP contribution in [0.15, 0.2) is 42.9 Å². The summed E-state index contributed by atoms with van der Waals surface area (Å²) >= 11 is 0. The summed E-state index contributed by atoms with van der Waals surface area (Å²) in [5.74, 6) is 0.715. The molecule has 0 aliphatic carbocycles. The van der Waals surface area contributed by atoms with E-state index in [0.29, 0.717) is 17.0 Å². The maximum atomic E-state index is 12.8. The number of aryl methyl sites for hydroxylation is 1. The van der Waals surface area contributed by atoms with Gasteiger partial charge in [-0.1, -0.05) is 37.3 Å². The van der Waals surface area contributed by atoms with E-state index >= 15 is 0 Å². The highest BCUT2D eigenvalue weighted by molar-refractivity contribution is 5.92. The minimum Gasteiger partial charge on any atom is -0.337 e. The fourth-order valence-electron chi connectivity index (χ4n) is 4.96. The largest absolute Gasteiger partial charge is 0.337 e. The third-order valence-corrected chi connectivity index (χ3v) is 6.58. The first kappa shape index (κ1) is 18.2. The number of rotatable bonds is 3. The van der Waals surface area contributed by atoms with Gasteiger partial charge in [0.25, 0.3) is 5.91 Å². The third kappa shape index (κ3) is 3.65. The summed E-state index contributed by atoms with van der Waals surface area (Å²) in [6.07, 6.45) is 6.80. The van der Waals surface area contributed by atoms with Crippen molar-refractivity contribution in [3.8, 4) is 0 Å². The van der Waals surface area contributed by atoms with Crippen LogP contribution in [0.4, 0.5) is 0 Å². The second-order valence-electron chi connectivity index (χ2n) is 8.32. The summed E-state index contributed by atoms with van der Waals surface area (Å²) in [7, 11) is 1.89. The number of likely N-dealkylation sites (tertiary alicyclic amines) is 2. The number of amides is 1. The summed E-state index contributed by atoms with van der Waals surface area (Å²) in [5.41, 5.74) is 2.48. The van der Waals surface area contributed by atoms with Crippen molar-refractivity contribution >= 4 is 5.91 Å². The van der Waals surface area contributed by atoms with Crippen molar-refractivity contribution in [3.05, 3.63) is 54.1 Å². The molecular formula is C22H30N4O. The van der Waals surface area contributed by atoms with Gasteiger partial charge in [0, 0.05) is 33.2 Å². The zero-order valence-electron chi connectivity index (χ0n) is 16.5. The summed E-state index contributed by atoms with van der Waals surface area (Å²) in [5, 5.41) is 0. The number of hydrogen-bond acceptors (Lipinski definition) is 3. The first-order chi connectivity index (χ1) is 13.1. The maximum Gasteiger partial charge on any atom is 0.272 e. The molecule has 5 nitrogen and oxygen atoms in total. The molecule has 4 rings (SSSR count). The number of carbonyl (C=O) groups is 1. The average Bonchev–Trinajstić information content (AvgIpc) is 3.14. The van der Waals surface area contributed by atoms with Crippen LogP contribution in [0.2, 0.25) is 0 Å². The topological polar surface area (TPSA) is 41.4 Å². The van der Waals surface area contributed by atoms with Crippen LogP contribution >= 0.6 is 0 Å². The van der Waals surface area contributed by atoms with E-state index in [9.17, 15) is 4.79 Å². The number of likely N-dealkylation sites (N-methyl/N-ethyl adjacent to an activating group) is 1. The second kappa shape index (κ2) is 7.47. The van der Waals surface area contributed by atoms with E-state index in [1.54, 1.807) is 12.5 Å². The number of imidazole rings is 1. The molecule has 0 saturated carbocycles. The Bertz CT molecular complexity index is 777. The van der Waals surface area contributed by atoms with Gasteiger partial charge in [0.1, 0.15) is 5.69 Å². The summed E-state index contributed by atoms with van der Waals surface area (Å²) < 4.78 is 1.82. The standard InChI is InChI=1S/C22H30N4O/c1-3-25-15-19(18-7-5-4-6-8-18)13-22(16-25)9-11-26(12-10-22)21(27)20-14-23-17-24(20)2/h4-8,14,17,19H,3,9-13,15-16H2,1-2H3. The Morgan fingerprint density at radius 1 is 1.22 bits per heavy atom. The second-order valence-corrected chi connectivity index (χ2v) is 8.32. The first-order valence-electron chi connectivity index (χ1n) is 10.1. The lowest BCUT2D eigenvalue weighted by atomic mass is 9.68. The van der Waals surface area contributed by atoms with Gasteiger partial charge < -0.3 is 14.4 Å². The van der Waals surface area contributed by atoms with Gasteiger partial charge in [-0.05, 0) is 42.7 Å². The lowest BCUT2D eigenvalue weighted by molar-refractivity contribution is 0.0155. The number of nitrogens with zero attached hydrogens (tertiary/aromatic N) is 4. The van der Waals surface area contributed by atoms with Crippen LogP contribution in [0.1, 0.15) is 48.2 Å². The van der Waals surface area contributed by atoms with Crippen LogP contribution in [0.5, 0.6) is 0 Å². The zero-order chi connectivity index (χ0) is 18.9. The van der Waals surface area contributed by atoms with E-state index in [2.05, 4.69) is 47.1 Å². The molecule has 3 heterocycles. The molecule has 144 valence electrons. The molecule has 2 aromatic rings. The molecule has 5 heteroatoms. The van der Waals surface area contributed by atoms with Gasteiger partial charge in [-0.25, -0.2) is 4.98 Å². The van der Waals surface area contributed by atoms with Gasteiger partial charge in [-0.2, -0.15) is 0 Å². The minimum atomic E-state index is 0.118. The third-order valence-electron chi connectivity index (χ3n) is 6.58. The quantitative estimate of drug-likeness (QED) is 0.838. The molecule has 0 radical (unpaired) electrons. The molecule has 0 N–H and O–H groups in total. The normalized spacial score (nSPS) is 22.9. The highest BCUT2D eigenvalue weighted by atomic mass is 16.2. The number of aromatic nitrogens is 2. The first-order valence-corrected chi connectivity index (χ1v) is 10.1. The van der Waals surface area contributed by atoms with Crippen molar-refractivity contribution in [1.82, 2.24) is 19.4 Å². The molecular weight excluding hydrogens is 336 g/mol. The Hall–Kier alpha value is -2.14. The molecule has 1 aromatic heterocycles. The van der Waals surface area contributed by atoms with Gasteiger partial charge >= 0.3 is 0 Å². The van der Waals surface area contributed by atoms with Crippen molar-refractivity contribution in [2.45, 2.75) is 32.1 Å². The average molecular weight is 367 g/mol. The Balaban J connectivity index is 1.47. The van der Waals surface area contributed by atoms with Gasteiger partial charge in [0.2, 0.25) is 0 Å². The van der Waals surface area contributed by atoms with E-state index in [0.717, 1.165) is 39.0 Å². The number of piperidine rings is 2. The minimum absolute atomic E-state index is 0.118. The monoisotopic (exact) mass is 366 g/mol. The smallest absolute Gasteiger partial charge is 0.272 e. The predicted octanol–water partition coefficient (Wildman–Crippen LogP) is 3.15. The Labute approximate surface area is 162 Å². The summed E-state index contributed by atoms with van der Waals surface area (Å²) in [6, 6.07) is 11.0. The fraction of sp³-hybridized carbons (Fsp3) is 0.545. The molecule has 1 amide bonds. The highest BCUT2D eigenvalue weighted by Crippen LogP contribution is 2.45. The molecule has 2 saturated heterocycles. The van der Waals surface area contributed by atoms with Gasteiger partial charge in [0.05, 0.1) is 12.5 Å². The lowest BCUT2D eigenvalue weighted by Gasteiger charge is -2.50. The lowest BCUT2D eigenvalue weighted by Crippen LogP contribution is -2.52. The van der Waals surface area contributed by atoms with E-state index in [1.165, 1.54) is 18.5 Å². The Kier molecular flexibility index (Phi) is 5.04. The molecule has 1 unspecified atom stereocenters. The van der Waals surface area contributed by atoms with E-state index in [4.69, 9.17) is 0 Å². The predicted molar refractivity (Wildman–Crippen MR) is 107 cm³/mol. The molecule has 1 aromatic carbocycles. The number of carbonyl (C=O) groups excluding carboxylic acids is 1. The van der Waals surface area contributed by atoms with Crippen LogP contribution in [0.25, 0.3) is 0 Å². The molecule has 2 fully saturated rings. The molecule has 2 aliphatic heterocycles. The van der Waals surface area contributed by atoms with Crippen molar-refractivity contribution in [1.29, 1.82) is 0 Å². The van der Waals surface area contributed by atoms with Gasteiger partial charge in [0.15, 0.2) is 0 Å². The van der Waals surface area contributed by atoms with E-state index in [-0.39, 0.29) is 5.91 Å². The van der Waals surface area contributed by atoms with Crippen LogP contribution in [0.3, 0.4) is 0 Å². The van der Waals surface area contributed by atoms with Crippen LogP contribution in [-0.2, 0) is 7.05 Å². The molecule has 2 aliphatic rings. The molecule has 0 bridgehead atoms. The van der Waals surface area contributed by atoms with Crippen molar-refractivity contribution < 1.29 is 4.79 Å². The SMILES string of the molecule is CCN1CC(c2ccccc2)CC2(CCN(C(=O)c3cncn3C)CC2)C1. The van der Waals surface area contributed by atoms with Crippen LogP contribution < -0.4 is 0 Å². The molecule has 27 heavy (non-hydrogen) atoms. The Morgan fingerprint density at radius 2 is 1.96 bits per heavy atom. The number of hydrogen-bond donors (Lipinski definition) is 0. The summed E-state index contributed by atoms with van der Waals surface area (Å²) in [6.45, 7) is 7.39. The van der Waals surface area contributed by atoms with Crippen LogP contribution in [0, 0.1) is 5.41 Å².